The molecule has 1 fully saturated rings. The topological polar surface area (TPSA) is 82.5 Å². The van der Waals surface area contributed by atoms with Crippen LogP contribution in [0.2, 0.25) is 0 Å². The van der Waals surface area contributed by atoms with Crippen LogP contribution in [-0.4, -0.2) is 24.3 Å². The average molecular weight is 296 g/mol. The molecule has 6 heteroatoms. The number of hydrogen-bond acceptors (Lipinski definition) is 5. The fourth-order valence-corrected chi connectivity index (χ4v) is 4.24. The highest BCUT2D eigenvalue weighted by Crippen LogP contribution is 2.43. The van der Waals surface area contributed by atoms with E-state index in [0.717, 1.165) is 20.7 Å². The molecule has 2 aliphatic rings. The zero-order chi connectivity index (χ0) is 14.6. The molecule has 1 amide bonds. The molecule has 0 spiro atoms. The lowest BCUT2D eigenvalue weighted by Crippen LogP contribution is -2.56. The molecule has 1 saturated heterocycles. The number of aliphatic imine (C=N–C) groups is 1. The number of thiophene rings is 1. The molecule has 3 unspecified atom stereocenters. The molecule has 2 N–H and O–H groups in total. The van der Waals surface area contributed by atoms with E-state index >= 15 is 0 Å². The first-order valence-electron chi connectivity index (χ1n) is 6.72. The van der Waals surface area contributed by atoms with E-state index in [0.29, 0.717) is 0 Å². The molecule has 1 aromatic heterocycles. The smallest absolute Gasteiger partial charge is 0.231 e. The van der Waals surface area contributed by atoms with Crippen LogP contribution in [0.4, 0.5) is 5.00 Å². The summed E-state index contributed by atoms with van der Waals surface area (Å²) in [6.07, 6.45) is 1.48. The Bertz CT molecular complexity index is 819. The number of rotatable bonds is 0. The van der Waals surface area contributed by atoms with Gasteiger partial charge in [-0.05, 0) is 6.07 Å². The van der Waals surface area contributed by atoms with Gasteiger partial charge in [0.1, 0.15) is 17.1 Å². The van der Waals surface area contributed by atoms with Gasteiger partial charge in [0.05, 0.1) is 6.07 Å². The Morgan fingerprint density at radius 2 is 2.24 bits per heavy atom. The van der Waals surface area contributed by atoms with Crippen molar-refractivity contribution < 1.29 is 4.79 Å². The second-order valence-electron chi connectivity index (χ2n) is 5.30. The minimum atomic E-state index is -0.494. The number of nitrogens with zero attached hydrogens (tertiary/aromatic N) is 3. The summed E-state index contributed by atoms with van der Waals surface area (Å²) in [4.78, 5) is 18.5. The van der Waals surface area contributed by atoms with Crippen LogP contribution in [0.3, 0.4) is 0 Å². The van der Waals surface area contributed by atoms with Gasteiger partial charge in [-0.3, -0.25) is 14.7 Å². The van der Waals surface area contributed by atoms with E-state index in [1.54, 1.807) is 22.5 Å². The number of anilines is 1. The molecule has 0 saturated carbocycles. The van der Waals surface area contributed by atoms with Crippen molar-refractivity contribution in [1.82, 2.24) is 0 Å². The minimum Gasteiger partial charge on any atom is -0.326 e. The summed E-state index contributed by atoms with van der Waals surface area (Å²) in [6.45, 7) is 0. The second kappa shape index (κ2) is 4.38. The van der Waals surface area contributed by atoms with Gasteiger partial charge in [0.2, 0.25) is 5.91 Å². The lowest BCUT2D eigenvalue weighted by molar-refractivity contribution is -0.121. The maximum absolute atomic E-state index is 12.4. The second-order valence-corrected chi connectivity index (χ2v) is 6.33. The number of nitrogens with two attached hydrogens (primary N) is 1. The minimum absolute atomic E-state index is 0.0522. The van der Waals surface area contributed by atoms with Crippen molar-refractivity contribution >= 4 is 38.5 Å². The predicted molar refractivity (Wildman–Crippen MR) is 82.4 cm³/mol. The number of carbonyl (C=O) groups is 1. The normalized spacial score (nSPS) is 27.3. The highest BCUT2D eigenvalue weighted by Gasteiger charge is 2.44. The summed E-state index contributed by atoms with van der Waals surface area (Å²) in [5.74, 6) is -0.513. The zero-order valence-electron chi connectivity index (χ0n) is 11.1. The molecule has 1 aromatic carbocycles. The molecule has 2 aromatic rings. The number of benzene rings is 1. The SMILES string of the molecule is N#CC1C(N)CC(=O)N2c3sc4ccccc4c3C=NC12. The van der Waals surface area contributed by atoms with E-state index in [4.69, 9.17) is 5.73 Å². The standard InChI is InChI=1S/C15H12N4OS/c16-6-9-11(17)5-13(20)19-14(9)18-7-10-8-3-1-2-4-12(8)21-15(10)19/h1-4,7,9,11,14H,5,17H2. The lowest BCUT2D eigenvalue weighted by atomic mass is 9.89. The summed E-state index contributed by atoms with van der Waals surface area (Å²) in [7, 11) is 0. The summed E-state index contributed by atoms with van der Waals surface area (Å²) >= 11 is 1.57. The number of piperidine rings is 1. The Morgan fingerprint density at radius 1 is 1.43 bits per heavy atom. The summed E-state index contributed by atoms with van der Waals surface area (Å²) in [5, 5.41) is 11.3. The Morgan fingerprint density at radius 3 is 3.05 bits per heavy atom. The number of amides is 1. The third kappa shape index (κ3) is 1.65. The molecule has 2 aliphatic heterocycles. The fourth-order valence-electron chi connectivity index (χ4n) is 3.02. The monoisotopic (exact) mass is 296 g/mol. The van der Waals surface area contributed by atoms with Gasteiger partial charge in [-0.15, -0.1) is 11.3 Å². The van der Waals surface area contributed by atoms with Crippen molar-refractivity contribution in [2.24, 2.45) is 16.6 Å². The first kappa shape index (κ1) is 12.5. The molecule has 4 rings (SSSR count). The first-order valence-corrected chi connectivity index (χ1v) is 7.54. The maximum Gasteiger partial charge on any atom is 0.231 e. The van der Waals surface area contributed by atoms with Gasteiger partial charge in [0, 0.05) is 34.3 Å². The summed E-state index contributed by atoms with van der Waals surface area (Å²) < 4.78 is 1.12. The van der Waals surface area contributed by atoms with Gasteiger partial charge < -0.3 is 5.73 Å². The third-order valence-corrected chi connectivity index (χ3v) is 5.25. The highest BCUT2D eigenvalue weighted by molar-refractivity contribution is 7.23. The van der Waals surface area contributed by atoms with E-state index < -0.39 is 18.1 Å². The number of fused-ring (bicyclic) bond motifs is 5. The number of nitriles is 1. The molecule has 21 heavy (non-hydrogen) atoms. The van der Waals surface area contributed by atoms with Crippen LogP contribution in [0, 0.1) is 17.2 Å². The molecule has 5 nitrogen and oxygen atoms in total. The van der Waals surface area contributed by atoms with Crippen molar-refractivity contribution in [3.05, 3.63) is 29.8 Å². The van der Waals surface area contributed by atoms with Gasteiger partial charge >= 0.3 is 0 Å². The Balaban J connectivity index is 1.92. The highest BCUT2D eigenvalue weighted by atomic mass is 32.1. The predicted octanol–water partition coefficient (Wildman–Crippen LogP) is 1.86. The molecule has 0 aliphatic carbocycles. The molecular formula is C15H12N4OS. The summed E-state index contributed by atoms with van der Waals surface area (Å²) in [5.41, 5.74) is 6.91. The number of hydrogen-bond donors (Lipinski definition) is 1. The van der Waals surface area contributed by atoms with Crippen LogP contribution in [0.15, 0.2) is 29.3 Å². The van der Waals surface area contributed by atoms with Crippen molar-refractivity contribution in [2.75, 3.05) is 4.90 Å². The first-order chi connectivity index (χ1) is 10.2. The van der Waals surface area contributed by atoms with E-state index in [1.807, 2.05) is 24.3 Å². The van der Waals surface area contributed by atoms with Crippen LogP contribution in [0.5, 0.6) is 0 Å². The van der Waals surface area contributed by atoms with Crippen LogP contribution in [0.1, 0.15) is 12.0 Å². The molecule has 104 valence electrons. The van der Waals surface area contributed by atoms with E-state index in [1.165, 1.54) is 0 Å². The van der Waals surface area contributed by atoms with Gasteiger partial charge in [-0.2, -0.15) is 5.26 Å². The van der Waals surface area contributed by atoms with Gasteiger partial charge in [0.15, 0.2) is 0 Å². The zero-order valence-corrected chi connectivity index (χ0v) is 11.9. The third-order valence-electron chi connectivity index (χ3n) is 4.06. The van der Waals surface area contributed by atoms with Crippen molar-refractivity contribution in [1.29, 1.82) is 5.26 Å². The van der Waals surface area contributed by atoms with Gasteiger partial charge in [-0.1, -0.05) is 18.2 Å². The molecular weight excluding hydrogens is 284 g/mol. The summed E-state index contributed by atoms with van der Waals surface area (Å²) in [6, 6.07) is 9.77. The van der Waals surface area contributed by atoms with Crippen molar-refractivity contribution in [3.63, 3.8) is 0 Å². The Kier molecular flexibility index (Phi) is 2.61. The molecule has 0 bridgehead atoms. The van der Waals surface area contributed by atoms with Crippen LogP contribution >= 0.6 is 11.3 Å². The largest absolute Gasteiger partial charge is 0.326 e. The van der Waals surface area contributed by atoms with E-state index in [9.17, 15) is 10.1 Å². The van der Waals surface area contributed by atoms with Crippen molar-refractivity contribution in [2.45, 2.75) is 18.6 Å². The van der Waals surface area contributed by atoms with Gasteiger partial charge in [0.25, 0.3) is 0 Å². The van der Waals surface area contributed by atoms with Crippen LogP contribution < -0.4 is 10.6 Å². The van der Waals surface area contributed by atoms with Crippen molar-refractivity contribution in [3.8, 4) is 6.07 Å². The van der Waals surface area contributed by atoms with E-state index in [2.05, 4.69) is 11.1 Å². The van der Waals surface area contributed by atoms with Gasteiger partial charge in [-0.25, -0.2) is 0 Å². The number of carbonyl (C=O) groups excluding carboxylic acids is 1. The quantitative estimate of drug-likeness (QED) is 0.805. The lowest BCUT2D eigenvalue weighted by Gasteiger charge is -2.40. The Hall–Kier alpha value is -2.23. The van der Waals surface area contributed by atoms with E-state index in [-0.39, 0.29) is 12.3 Å². The fraction of sp³-hybridized carbons (Fsp3) is 0.267. The molecule has 3 heterocycles. The maximum atomic E-state index is 12.4. The Labute approximate surface area is 125 Å². The average Bonchev–Trinajstić information content (AvgIpc) is 2.85. The molecule has 3 atom stereocenters. The van der Waals surface area contributed by atoms with Crippen LogP contribution in [-0.2, 0) is 4.79 Å². The van der Waals surface area contributed by atoms with Crippen LogP contribution in [0.25, 0.3) is 10.1 Å². The molecule has 0 radical (unpaired) electrons.